The lowest BCUT2D eigenvalue weighted by Crippen LogP contribution is -2.30. The first kappa shape index (κ1) is 103. The highest BCUT2D eigenvalue weighted by atomic mass is 31.2. The summed E-state index contributed by atoms with van der Waals surface area (Å²) in [6.45, 7) is 4.30. The Kier molecular flexibility index (Phi) is 75.6. The van der Waals surface area contributed by atoms with Crippen molar-refractivity contribution in [2.45, 2.75) is 290 Å². The predicted molar refractivity (Wildman–Crippen MR) is 454 cm³/mol. The van der Waals surface area contributed by atoms with E-state index in [0.717, 1.165) is 135 Å². The van der Waals surface area contributed by atoms with Gasteiger partial charge in [0, 0.05) is 25.7 Å². The zero-order valence-electron chi connectivity index (χ0n) is 67.6. The van der Waals surface area contributed by atoms with Gasteiger partial charge in [0.15, 0.2) is 12.2 Å². The first-order valence-corrected chi connectivity index (χ1v) is 44.0. The van der Waals surface area contributed by atoms with Crippen LogP contribution in [-0.4, -0.2) is 96.7 Å². The van der Waals surface area contributed by atoms with Crippen LogP contribution in [0.25, 0.3) is 0 Å². The van der Waals surface area contributed by atoms with E-state index < -0.39 is 97.5 Å². The van der Waals surface area contributed by atoms with Gasteiger partial charge in [0.25, 0.3) is 0 Å². The Labute approximate surface area is 664 Å². The van der Waals surface area contributed by atoms with Crippen LogP contribution in [0, 0.1) is 0 Å². The number of carbonyl (C=O) groups is 4. The smallest absolute Gasteiger partial charge is 0.462 e. The van der Waals surface area contributed by atoms with E-state index in [-0.39, 0.29) is 25.7 Å². The van der Waals surface area contributed by atoms with E-state index in [1.54, 1.807) is 0 Å². The summed E-state index contributed by atoms with van der Waals surface area (Å²) >= 11 is 0. The molecule has 5 atom stereocenters. The number of unbranched alkanes of at least 4 members (excludes halogenated alkanes) is 12. The van der Waals surface area contributed by atoms with Crippen molar-refractivity contribution in [3.63, 3.8) is 0 Å². The molecule has 0 rings (SSSR count). The molecular formula is C91H142O17P2. The van der Waals surface area contributed by atoms with Crippen LogP contribution in [0.15, 0.2) is 219 Å². The molecule has 0 amide bonds. The lowest BCUT2D eigenvalue weighted by atomic mass is 10.1. The molecule has 0 spiro atoms. The van der Waals surface area contributed by atoms with Crippen molar-refractivity contribution in [3.05, 3.63) is 219 Å². The minimum atomic E-state index is -5.03. The van der Waals surface area contributed by atoms with Crippen molar-refractivity contribution < 1.29 is 80.2 Å². The molecular weight excluding hydrogens is 1430 g/mol. The van der Waals surface area contributed by atoms with Crippen molar-refractivity contribution >= 4 is 39.5 Å². The number of phosphoric ester groups is 2. The summed E-state index contributed by atoms with van der Waals surface area (Å²) in [6.07, 6.45) is 102. The molecule has 0 bridgehead atoms. The Bertz CT molecular complexity index is 2950. The van der Waals surface area contributed by atoms with Crippen molar-refractivity contribution in [2.75, 3.05) is 39.6 Å². The maximum atomic E-state index is 13.1. The van der Waals surface area contributed by atoms with E-state index in [2.05, 4.69) is 198 Å². The van der Waals surface area contributed by atoms with Gasteiger partial charge >= 0.3 is 39.5 Å². The first-order chi connectivity index (χ1) is 53.7. The molecule has 0 aromatic rings. The second-order valence-electron chi connectivity index (χ2n) is 26.2. The number of rotatable bonds is 74. The molecule has 0 radical (unpaired) electrons. The number of aliphatic hydroxyl groups is 1. The Morgan fingerprint density at radius 3 is 0.827 bits per heavy atom. The van der Waals surface area contributed by atoms with Gasteiger partial charge in [-0.2, -0.15) is 0 Å². The molecule has 17 nitrogen and oxygen atoms in total. The predicted octanol–water partition coefficient (Wildman–Crippen LogP) is 24.4. The molecule has 19 heteroatoms. The number of hydrogen-bond donors (Lipinski definition) is 3. The molecule has 0 aromatic heterocycles. The molecule has 0 aliphatic heterocycles. The fourth-order valence-corrected chi connectivity index (χ4v) is 11.3. The lowest BCUT2D eigenvalue weighted by Gasteiger charge is -2.21. The van der Waals surface area contributed by atoms with Crippen molar-refractivity contribution in [3.8, 4) is 0 Å². The van der Waals surface area contributed by atoms with Gasteiger partial charge in [0.1, 0.15) is 19.3 Å². The van der Waals surface area contributed by atoms with E-state index >= 15 is 0 Å². The van der Waals surface area contributed by atoms with Crippen LogP contribution in [0.1, 0.15) is 272 Å². The number of phosphoric acid groups is 2. The van der Waals surface area contributed by atoms with Gasteiger partial charge in [-0.25, -0.2) is 9.13 Å². The van der Waals surface area contributed by atoms with Crippen LogP contribution >= 0.6 is 15.6 Å². The topological polar surface area (TPSA) is 237 Å². The minimum absolute atomic E-state index is 0.0213. The third-order valence-electron chi connectivity index (χ3n) is 15.9. The van der Waals surface area contributed by atoms with Gasteiger partial charge in [-0.1, -0.05) is 291 Å². The SMILES string of the molecule is CC/C=C\C/C=C\C/C=C\C/C=C\C/C=C\C/C=C\CCC(=O)OC[C@H](COP(=O)(O)OC[C@@H](O)COP(=O)(O)OC[C@@H](COC(=O)CCC/C=C\C/C=C\C/C=C\C/C=C\CCCCC)OC(=O)CC/C=C\C/C=C\C/C=C\C/C=C\C/C=C\C/C=C\CC)OC(=O)CCCCCCC/C=C\C/C=C\CCCCC. The molecule has 0 saturated carbocycles. The largest absolute Gasteiger partial charge is 0.472 e. The molecule has 0 fully saturated rings. The Balaban J connectivity index is 5.60. The average Bonchev–Trinajstić information content (AvgIpc) is 0.882. The number of allylic oxidation sites excluding steroid dienone is 36. The average molecular weight is 1570 g/mol. The van der Waals surface area contributed by atoms with Crippen LogP contribution in [0.5, 0.6) is 0 Å². The van der Waals surface area contributed by atoms with Gasteiger partial charge in [-0.3, -0.25) is 37.3 Å². The standard InChI is InChI=1S/C91H142O17P2/c1-5-9-13-17-21-25-29-33-37-40-42-45-49-52-56-60-64-68-72-76-89(94)102-81-86(107-90(95)77-73-69-65-61-57-53-47-36-32-28-24-20-16-12-8-4)83-105-109(97,98)103-79-85(92)80-104-110(99,100)106-84-87(82-101-88(93)75-71-67-63-59-55-51-48-44-39-35-31-27-23-19-15-11-7-3)108-91(96)78-74-70-66-62-58-54-50-46-43-41-38-34-30-26-22-18-14-10-6-2/h9-10,13-14,21-28,33-39,42-43,45-48,51-52,54,56,58-59,63-64,66,68,70,85-87,92H,5-8,11-12,15-20,29-32,40-41,44,49-50,53,55,57,60-62,65,67,69,71-84H2,1-4H3,(H,97,98)(H,99,100)/b13-9-,14-10-,25-21-,26-22-,27-23-,28-24-,37-33-,38-34-,39-35-,45-42-,46-43-,47-36-,51-48-,56-52-,58-54-,63-59-,68-64-,70-66-/t85-,86-,87-/m1/s1. The number of esters is 4. The Morgan fingerprint density at radius 2 is 0.500 bits per heavy atom. The molecule has 618 valence electrons. The number of carbonyl (C=O) groups excluding carboxylic acids is 4. The summed E-state index contributed by atoms with van der Waals surface area (Å²) in [7, 11) is -10.1. The second kappa shape index (κ2) is 80.4. The van der Waals surface area contributed by atoms with Crippen molar-refractivity contribution in [1.29, 1.82) is 0 Å². The third-order valence-corrected chi connectivity index (χ3v) is 17.8. The quantitative estimate of drug-likeness (QED) is 0.0169. The fourth-order valence-electron chi connectivity index (χ4n) is 9.76. The summed E-state index contributed by atoms with van der Waals surface area (Å²) < 4.78 is 68.4. The molecule has 3 N–H and O–H groups in total. The van der Waals surface area contributed by atoms with Crippen molar-refractivity contribution in [1.82, 2.24) is 0 Å². The van der Waals surface area contributed by atoms with Gasteiger partial charge in [0.2, 0.25) is 0 Å². The lowest BCUT2D eigenvalue weighted by molar-refractivity contribution is -0.161. The fraction of sp³-hybridized carbons (Fsp3) is 0.560. The van der Waals surface area contributed by atoms with Crippen LogP contribution < -0.4 is 0 Å². The summed E-state index contributed by atoms with van der Waals surface area (Å²) in [5, 5.41) is 10.7. The maximum absolute atomic E-state index is 13.1. The maximum Gasteiger partial charge on any atom is 0.472 e. The van der Waals surface area contributed by atoms with Gasteiger partial charge in [-0.15, -0.1) is 0 Å². The van der Waals surface area contributed by atoms with Crippen LogP contribution in [0.4, 0.5) is 0 Å². The van der Waals surface area contributed by atoms with Crippen LogP contribution in [0.3, 0.4) is 0 Å². The van der Waals surface area contributed by atoms with E-state index in [9.17, 15) is 43.2 Å². The number of aliphatic hydroxyl groups excluding tert-OH is 1. The molecule has 0 saturated heterocycles. The minimum Gasteiger partial charge on any atom is -0.462 e. The summed E-state index contributed by atoms with van der Waals surface area (Å²) in [4.78, 5) is 73.1. The zero-order valence-corrected chi connectivity index (χ0v) is 69.4. The molecule has 2 unspecified atom stereocenters. The zero-order chi connectivity index (χ0) is 80.3. The third kappa shape index (κ3) is 79.5. The summed E-state index contributed by atoms with van der Waals surface area (Å²) in [5.41, 5.74) is 0. The van der Waals surface area contributed by atoms with Gasteiger partial charge in [0.05, 0.1) is 26.4 Å². The monoisotopic (exact) mass is 1570 g/mol. The summed E-state index contributed by atoms with van der Waals surface area (Å²) in [6, 6.07) is 0. The Morgan fingerprint density at radius 1 is 0.264 bits per heavy atom. The Hall–Kier alpha value is -6.62. The van der Waals surface area contributed by atoms with Crippen LogP contribution in [-0.2, 0) is 65.4 Å². The normalized spacial score (nSPS) is 14.9. The van der Waals surface area contributed by atoms with E-state index in [4.69, 9.17) is 37.0 Å². The van der Waals surface area contributed by atoms with Gasteiger partial charge in [-0.05, 0) is 173 Å². The first-order valence-electron chi connectivity index (χ1n) is 41.0. The van der Waals surface area contributed by atoms with E-state index in [1.807, 2.05) is 48.6 Å². The summed E-state index contributed by atoms with van der Waals surface area (Å²) in [5.74, 6) is -2.48. The molecule has 0 aromatic carbocycles. The van der Waals surface area contributed by atoms with E-state index in [0.29, 0.717) is 44.9 Å². The number of hydrogen-bond acceptors (Lipinski definition) is 15. The molecule has 110 heavy (non-hydrogen) atoms. The second-order valence-corrected chi connectivity index (χ2v) is 29.1. The highest BCUT2D eigenvalue weighted by Gasteiger charge is 2.30. The highest BCUT2D eigenvalue weighted by Crippen LogP contribution is 2.45. The van der Waals surface area contributed by atoms with Gasteiger partial charge < -0.3 is 33.8 Å². The molecule has 0 heterocycles. The number of ether oxygens (including phenoxy) is 4. The highest BCUT2D eigenvalue weighted by molar-refractivity contribution is 7.47. The molecule has 0 aliphatic carbocycles. The van der Waals surface area contributed by atoms with Crippen LogP contribution in [0.2, 0.25) is 0 Å². The molecule has 0 aliphatic rings. The van der Waals surface area contributed by atoms with Crippen molar-refractivity contribution in [2.24, 2.45) is 0 Å². The van der Waals surface area contributed by atoms with E-state index in [1.165, 1.54) is 38.5 Å².